The van der Waals surface area contributed by atoms with E-state index in [-0.39, 0.29) is 12.5 Å². The lowest BCUT2D eigenvalue weighted by Gasteiger charge is -2.20. The Labute approximate surface area is 138 Å². The van der Waals surface area contributed by atoms with Gasteiger partial charge in [-0.15, -0.1) is 0 Å². The quantitative estimate of drug-likeness (QED) is 0.812. The van der Waals surface area contributed by atoms with Crippen molar-refractivity contribution < 1.29 is 9.59 Å². The highest BCUT2D eigenvalue weighted by molar-refractivity contribution is 6.02. The number of aryl methyl sites for hydroxylation is 2. The van der Waals surface area contributed by atoms with E-state index in [0.29, 0.717) is 0 Å². The van der Waals surface area contributed by atoms with Crippen molar-refractivity contribution in [3.63, 3.8) is 0 Å². The smallest absolute Gasteiger partial charge is 0.307 e. The van der Waals surface area contributed by atoms with Crippen LogP contribution in [0.5, 0.6) is 0 Å². The molecule has 1 aromatic rings. The van der Waals surface area contributed by atoms with E-state index in [9.17, 15) is 9.59 Å². The number of hydrogen-bond acceptors (Lipinski definition) is 3. The summed E-state index contributed by atoms with van der Waals surface area (Å²) < 4.78 is 0. The first-order chi connectivity index (χ1) is 11.0. The molecule has 0 aliphatic heterocycles. The SMILES string of the molecule is CCCN(CC(=O)NC(=O)Nc1ccc(C)cc1C)CC1CC1. The Hall–Kier alpha value is -1.88. The van der Waals surface area contributed by atoms with E-state index in [1.807, 2.05) is 32.0 Å². The molecule has 2 rings (SSSR count). The van der Waals surface area contributed by atoms with Gasteiger partial charge in [0.1, 0.15) is 0 Å². The second-order valence-electron chi connectivity index (χ2n) is 6.50. The molecule has 2 N–H and O–H groups in total. The molecule has 1 aliphatic rings. The Morgan fingerprint density at radius 1 is 1.26 bits per heavy atom. The largest absolute Gasteiger partial charge is 0.325 e. The van der Waals surface area contributed by atoms with Crippen molar-refractivity contribution in [1.29, 1.82) is 0 Å². The molecular formula is C18H27N3O2. The fourth-order valence-corrected chi connectivity index (χ4v) is 2.69. The number of amides is 3. The van der Waals surface area contributed by atoms with E-state index >= 15 is 0 Å². The van der Waals surface area contributed by atoms with Crippen molar-refractivity contribution in [2.75, 3.05) is 25.0 Å². The maximum absolute atomic E-state index is 12.1. The number of carbonyl (C=O) groups excluding carboxylic acids is 2. The van der Waals surface area contributed by atoms with Gasteiger partial charge in [0.25, 0.3) is 0 Å². The molecule has 0 unspecified atom stereocenters. The van der Waals surface area contributed by atoms with Crippen molar-refractivity contribution in [3.8, 4) is 0 Å². The first-order valence-corrected chi connectivity index (χ1v) is 8.38. The highest BCUT2D eigenvalue weighted by Gasteiger charge is 2.25. The zero-order valence-electron chi connectivity index (χ0n) is 14.3. The summed E-state index contributed by atoms with van der Waals surface area (Å²) in [6.07, 6.45) is 3.53. The van der Waals surface area contributed by atoms with E-state index in [1.165, 1.54) is 12.8 Å². The third kappa shape index (κ3) is 6.02. The summed E-state index contributed by atoms with van der Waals surface area (Å²) in [7, 11) is 0. The Bertz CT molecular complexity index is 567. The van der Waals surface area contributed by atoms with Crippen LogP contribution in [-0.4, -0.2) is 36.5 Å². The van der Waals surface area contributed by atoms with Crippen molar-refractivity contribution in [1.82, 2.24) is 10.2 Å². The van der Waals surface area contributed by atoms with Gasteiger partial charge < -0.3 is 5.32 Å². The molecule has 0 bridgehead atoms. The molecule has 0 heterocycles. The van der Waals surface area contributed by atoms with Crippen LogP contribution in [0.3, 0.4) is 0 Å². The van der Waals surface area contributed by atoms with Crippen LogP contribution in [0.15, 0.2) is 18.2 Å². The predicted octanol–water partition coefficient (Wildman–Crippen LogP) is 3.07. The minimum absolute atomic E-state index is 0.249. The lowest BCUT2D eigenvalue weighted by molar-refractivity contribution is -0.121. The summed E-state index contributed by atoms with van der Waals surface area (Å²) in [6, 6.07) is 5.31. The van der Waals surface area contributed by atoms with Gasteiger partial charge in [0.15, 0.2) is 0 Å². The molecule has 1 fully saturated rings. The minimum atomic E-state index is -0.468. The number of nitrogens with one attached hydrogen (secondary N) is 2. The van der Waals surface area contributed by atoms with Crippen LogP contribution in [0.2, 0.25) is 0 Å². The van der Waals surface area contributed by atoms with Gasteiger partial charge >= 0.3 is 6.03 Å². The van der Waals surface area contributed by atoms with Crippen molar-refractivity contribution in [3.05, 3.63) is 29.3 Å². The Kier molecular flexibility index (Phi) is 6.16. The zero-order valence-corrected chi connectivity index (χ0v) is 14.3. The lowest BCUT2D eigenvalue weighted by Crippen LogP contribution is -2.42. The third-order valence-corrected chi connectivity index (χ3v) is 4.00. The third-order valence-electron chi connectivity index (χ3n) is 4.00. The van der Waals surface area contributed by atoms with Crippen LogP contribution in [0.1, 0.15) is 37.3 Å². The first kappa shape index (κ1) is 17.5. The van der Waals surface area contributed by atoms with Crippen LogP contribution in [0.4, 0.5) is 10.5 Å². The van der Waals surface area contributed by atoms with Gasteiger partial charge in [-0.05, 0) is 57.2 Å². The van der Waals surface area contributed by atoms with Crippen LogP contribution in [0, 0.1) is 19.8 Å². The number of urea groups is 1. The van der Waals surface area contributed by atoms with Crippen LogP contribution >= 0.6 is 0 Å². The number of anilines is 1. The summed E-state index contributed by atoms with van der Waals surface area (Å²) in [5.41, 5.74) is 2.85. The van der Waals surface area contributed by atoms with Crippen LogP contribution in [0.25, 0.3) is 0 Å². The molecule has 0 spiro atoms. The molecule has 5 nitrogen and oxygen atoms in total. The number of carbonyl (C=O) groups is 2. The normalized spacial score (nSPS) is 13.9. The summed E-state index contributed by atoms with van der Waals surface area (Å²) in [5, 5.41) is 5.16. The van der Waals surface area contributed by atoms with Crippen molar-refractivity contribution in [2.24, 2.45) is 5.92 Å². The van der Waals surface area contributed by atoms with E-state index < -0.39 is 6.03 Å². The topological polar surface area (TPSA) is 61.4 Å². The number of benzene rings is 1. The van der Waals surface area contributed by atoms with E-state index in [1.54, 1.807) is 0 Å². The molecule has 1 aromatic carbocycles. The molecule has 126 valence electrons. The molecule has 1 aliphatic carbocycles. The summed E-state index contributed by atoms with van der Waals surface area (Å²) >= 11 is 0. The molecule has 0 saturated heterocycles. The van der Waals surface area contributed by atoms with Gasteiger partial charge in [0.05, 0.1) is 6.54 Å². The predicted molar refractivity (Wildman–Crippen MR) is 92.5 cm³/mol. The number of hydrogen-bond donors (Lipinski definition) is 2. The van der Waals surface area contributed by atoms with E-state index in [4.69, 9.17) is 0 Å². The molecule has 23 heavy (non-hydrogen) atoms. The zero-order chi connectivity index (χ0) is 16.8. The summed E-state index contributed by atoms with van der Waals surface area (Å²) in [6.45, 7) is 8.17. The average Bonchev–Trinajstić information content (AvgIpc) is 3.26. The Morgan fingerprint density at radius 3 is 2.61 bits per heavy atom. The van der Waals surface area contributed by atoms with E-state index in [0.717, 1.165) is 42.2 Å². The summed E-state index contributed by atoms with van der Waals surface area (Å²) in [5.74, 6) is 0.486. The number of nitrogens with zero attached hydrogens (tertiary/aromatic N) is 1. The van der Waals surface area contributed by atoms with Crippen molar-refractivity contribution in [2.45, 2.75) is 40.0 Å². The molecule has 1 saturated carbocycles. The van der Waals surface area contributed by atoms with Gasteiger partial charge in [-0.2, -0.15) is 0 Å². The van der Waals surface area contributed by atoms with Gasteiger partial charge in [0, 0.05) is 12.2 Å². The van der Waals surface area contributed by atoms with Crippen LogP contribution in [-0.2, 0) is 4.79 Å². The van der Waals surface area contributed by atoms with E-state index in [2.05, 4.69) is 22.5 Å². The lowest BCUT2D eigenvalue weighted by atomic mass is 10.1. The van der Waals surface area contributed by atoms with Gasteiger partial charge in [-0.1, -0.05) is 24.6 Å². The highest BCUT2D eigenvalue weighted by Crippen LogP contribution is 2.29. The van der Waals surface area contributed by atoms with Gasteiger partial charge in [-0.25, -0.2) is 4.79 Å². The number of imide groups is 1. The first-order valence-electron chi connectivity index (χ1n) is 8.38. The Balaban J connectivity index is 1.82. The van der Waals surface area contributed by atoms with Crippen LogP contribution < -0.4 is 10.6 Å². The highest BCUT2D eigenvalue weighted by atomic mass is 16.2. The second kappa shape index (κ2) is 8.11. The minimum Gasteiger partial charge on any atom is -0.307 e. The average molecular weight is 317 g/mol. The Morgan fingerprint density at radius 2 is 2.00 bits per heavy atom. The maximum atomic E-state index is 12.1. The molecule has 0 aromatic heterocycles. The monoisotopic (exact) mass is 317 g/mol. The fourth-order valence-electron chi connectivity index (χ4n) is 2.69. The molecule has 0 radical (unpaired) electrons. The summed E-state index contributed by atoms with van der Waals surface area (Å²) in [4.78, 5) is 26.2. The number of rotatable bonds is 7. The second-order valence-corrected chi connectivity index (χ2v) is 6.50. The van der Waals surface area contributed by atoms with Gasteiger partial charge in [-0.3, -0.25) is 15.0 Å². The standard InChI is InChI=1S/C18H27N3O2/c1-4-9-21(11-15-6-7-15)12-17(22)20-18(23)19-16-8-5-13(2)10-14(16)3/h5,8,10,15H,4,6-7,9,11-12H2,1-3H3,(H2,19,20,22,23). The van der Waals surface area contributed by atoms with Gasteiger partial charge in [0.2, 0.25) is 5.91 Å². The molecule has 5 heteroatoms. The maximum Gasteiger partial charge on any atom is 0.325 e. The fraction of sp³-hybridized carbons (Fsp3) is 0.556. The molecular weight excluding hydrogens is 290 g/mol. The molecule has 3 amide bonds. The molecule has 0 atom stereocenters. The van der Waals surface area contributed by atoms with Crippen molar-refractivity contribution >= 4 is 17.6 Å².